The van der Waals surface area contributed by atoms with Gasteiger partial charge in [0.2, 0.25) is 0 Å². The van der Waals surface area contributed by atoms with E-state index in [9.17, 15) is 10.1 Å². The molecule has 0 spiro atoms. The van der Waals surface area contributed by atoms with Crippen LogP contribution in [0.2, 0.25) is 0 Å². The van der Waals surface area contributed by atoms with Gasteiger partial charge in [-0.1, -0.05) is 18.2 Å². The van der Waals surface area contributed by atoms with Crippen LogP contribution in [0.5, 0.6) is 0 Å². The number of rotatable bonds is 4. The lowest BCUT2D eigenvalue weighted by molar-refractivity contribution is -0.385. The summed E-state index contributed by atoms with van der Waals surface area (Å²) in [4.78, 5) is 19.8. The number of aromatic nitrogens is 8. The summed E-state index contributed by atoms with van der Waals surface area (Å²) < 4.78 is 4.82. The third-order valence-electron chi connectivity index (χ3n) is 4.78. The van der Waals surface area contributed by atoms with E-state index in [0.29, 0.717) is 22.8 Å². The van der Waals surface area contributed by atoms with Crippen LogP contribution in [-0.4, -0.2) is 44.1 Å². The van der Waals surface area contributed by atoms with Crippen molar-refractivity contribution in [3.05, 3.63) is 70.7 Å². The van der Waals surface area contributed by atoms with Crippen LogP contribution in [0.25, 0.3) is 22.4 Å². The molecule has 1 atom stereocenters. The molecule has 0 N–H and O–H groups in total. The zero-order chi connectivity index (χ0) is 20.1. The van der Waals surface area contributed by atoms with E-state index < -0.39 is 4.92 Å². The maximum absolute atomic E-state index is 11.1. The average molecular weight is 389 g/mol. The molecule has 0 aliphatic heterocycles. The molecule has 11 nitrogen and oxygen atoms in total. The van der Waals surface area contributed by atoms with Crippen molar-refractivity contribution in [1.82, 2.24) is 39.1 Å². The molecule has 0 saturated carbocycles. The first-order chi connectivity index (χ1) is 14.0. The third-order valence-corrected chi connectivity index (χ3v) is 4.78. The first-order valence-corrected chi connectivity index (χ1v) is 8.87. The zero-order valence-electron chi connectivity index (χ0n) is 15.5. The molecule has 0 bridgehead atoms. The standard InChI is InChI=1S/C18H15N9O2/c1-11-15(27(28)29)9-24(22-11)12(2)16-21-18-14-8-20-26(13-6-4-3-5-7-13)17(14)19-10-25(18)23-16/h3-10,12H,1-2H3/t12-/m0/s1. The van der Waals surface area contributed by atoms with Gasteiger partial charge in [0.15, 0.2) is 17.1 Å². The number of benzene rings is 1. The van der Waals surface area contributed by atoms with Gasteiger partial charge in [0.05, 0.1) is 22.2 Å². The largest absolute Gasteiger partial charge is 0.309 e. The highest BCUT2D eigenvalue weighted by molar-refractivity contribution is 5.89. The van der Waals surface area contributed by atoms with Crippen LogP contribution in [-0.2, 0) is 0 Å². The summed E-state index contributed by atoms with van der Waals surface area (Å²) in [6, 6.07) is 9.31. The second kappa shape index (κ2) is 6.19. The van der Waals surface area contributed by atoms with Gasteiger partial charge in [-0.25, -0.2) is 19.2 Å². The molecule has 5 rings (SSSR count). The Kier molecular flexibility index (Phi) is 3.63. The topological polar surface area (TPSA) is 122 Å². The van der Waals surface area contributed by atoms with Crippen molar-refractivity contribution in [1.29, 1.82) is 0 Å². The van der Waals surface area contributed by atoms with E-state index in [1.54, 1.807) is 28.6 Å². The molecule has 1 aromatic carbocycles. The van der Waals surface area contributed by atoms with Crippen molar-refractivity contribution in [2.45, 2.75) is 19.9 Å². The van der Waals surface area contributed by atoms with Crippen LogP contribution in [0.1, 0.15) is 24.5 Å². The Morgan fingerprint density at radius 2 is 1.93 bits per heavy atom. The lowest BCUT2D eigenvalue weighted by Crippen LogP contribution is -2.09. The fourth-order valence-electron chi connectivity index (χ4n) is 3.24. The van der Waals surface area contributed by atoms with Crippen LogP contribution in [0.15, 0.2) is 49.1 Å². The first kappa shape index (κ1) is 17.0. The second-order valence-electron chi connectivity index (χ2n) is 6.62. The van der Waals surface area contributed by atoms with Crippen LogP contribution >= 0.6 is 0 Å². The molecule has 29 heavy (non-hydrogen) atoms. The summed E-state index contributed by atoms with van der Waals surface area (Å²) in [5.41, 5.74) is 2.48. The van der Waals surface area contributed by atoms with Crippen molar-refractivity contribution in [3.8, 4) is 5.69 Å². The quantitative estimate of drug-likeness (QED) is 0.342. The number of hydrogen-bond acceptors (Lipinski definition) is 7. The second-order valence-corrected chi connectivity index (χ2v) is 6.62. The van der Waals surface area contributed by atoms with Crippen LogP contribution in [0.4, 0.5) is 5.69 Å². The number of hydrogen-bond donors (Lipinski definition) is 0. The number of nitro groups is 1. The predicted molar refractivity (Wildman–Crippen MR) is 103 cm³/mol. The van der Waals surface area contributed by atoms with Gasteiger partial charge < -0.3 is 0 Å². The summed E-state index contributed by atoms with van der Waals surface area (Å²) in [5.74, 6) is 0.476. The molecular formula is C18H15N9O2. The van der Waals surface area contributed by atoms with E-state index in [0.717, 1.165) is 11.1 Å². The normalized spacial score (nSPS) is 12.6. The van der Waals surface area contributed by atoms with Crippen molar-refractivity contribution in [3.63, 3.8) is 0 Å². The minimum Gasteiger partial charge on any atom is -0.258 e. The van der Waals surface area contributed by atoms with E-state index in [-0.39, 0.29) is 11.7 Å². The summed E-state index contributed by atoms with van der Waals surface area (Å²) >= 11 is 0. The smallest absolute Gasteiger partial charge is 0.258 e. The maximum atomic E-state index is 11.1. The van der Waals surface area contributed by atoms with Gasteiger partial charge in [-0.05, 0) is 26.0 Å². The zero-order valence-corrected chi connectivity index (χ0v) is 15.5. The van der Waals surface area contributed by atoms with Crippen molar-refractivity contribution in [2.24, 2.45) is 0 Å². The highest BCUT2D eigenvalue weighted by Gasteiger charge is 2.22. The molecule has 0 radical (unpaired) electrons. The minimum absolute atomic E-state index is 0.0335. The Bertz CT molecular complexity index is 1370. The Hall–Kier alpha value is -4.15. The highest BCUT2D eigenvalue weighted by Crippen LogP contribution is 2.24. The maximum Gasteiger partial charge on any atom is 0.309 e. The number of para-hydroxylation sites is 1. The molecule has 0 aliphatic rings. The van der Waals surface area contributed by atoms with Crippen LogP contribution < -0.4 is 0 Å². The van der Waals surface area contributed by atoms with Crippen molar-refractivity contribution in [2.75, 3.05) is 0 Å². The highest BCUT2D eigenvalue weighted by atomic mass is 16.6. The van der Waals surface area contributed by atoms with Gasteiger partial charge in [-0.2, -0.15) is 10.2 Å². The van der Waals surface area contributed by atoms with Crippen LogP contribution in [0.3, 0.4) is 0 Å². The summed E-state index contributed by atoms with van der Waals surface area (Å²) in [7, 11) is 0. The predicted octanol–water partition coefficient (Wildman–Crippen LogP) is 2.49. The first-order valence-electron chi connectivity index (χ1n) is 8.87. The number of fused-ring (bicyclic) bond motifs is 3. The summed E-state index contributed by atoms with van der Waals surface area (Å²) in [6.45, 7) is 3.44. The average Bonchev–Trinajstić information content (AvgIpc) is 3.43. The van der Waals surface area contributed by atoms with E-state index in [2.05, 4.69) is 25.3 Å². The van der Waals surface area contributed by atoms with Gasteiger partial charge >= 0.3 is 5.69 Å². The molecule has 0 saturated heterocycles. The molecule has 4 aromatic heterocycles. The van der Waals surface area contributed by atoms with Gasteiger partial charge in [-0.3, -0.25) is 14.8 Å². The Morgan fingerprint density at radius 3 is 2.66 bits per heavy atom. The van der Waals surface area contributed by atoms with Gasteiger partial charge in [0.1, 0.15) is 24.3 Å². The van der Waals surface area contributed by atoms with Gasteiger partial charge in [0.25, 0.3) is 0 Å². The monoisotopic (exact) mass is 389 g/mol. The fraction of sp³-hybridized carbons (Fsp3) is 0.167. The number of nitrogens with zero attached hydrogens (tertiary/aromatic N) is 9. The molecule has 5 aromatic rings. The van der Waals surface area contributed by atoms with E-state index in [1.165, 1.54) is 10.9 Å². The Labute approximate surface area is 163 Å². The molecule has 0 amide bonds. The lowest BCUT2D eigenvalue weighted by Gasteiger charge is -2.06. The summed E-state index contributed by atoms with van der Waals surface area (Å²) in [6.07, 6.45) is 4.68. The van der Waals surface area contributed by atoms with E-state index in [4.69, 9.17) is 0 Å². The molecule has 144 valence electrons. The molecule has 0 fully saturated rings. The van der Waals surface area contributed by atoms with Crippen LogP contribution in [0, 0.1) is 17.0 Å². The molecule has 11 heteroatoms. The van der Waals surface area contributed by atoms with Gasteiger partial charge in [-0.15, -0.1) is 5.10 Å². The fourth-order valence-corrected chi connectivity index (χ4v) is 3.24. The molecular weight excluding hydrogens is 374 g/mol. The Balaban J connectivity index is 1.60. The third kappa shape index (κ3) is 2.63. The van der Waals surface area contributed by atoms with E-state index in [1.807, 2.05) is 37.3 Å². The molecule has 4 heterocycles. The Morgan fingerprint density at radius 1 is 1.14 bits per heavy atom. The van der Waals surface area contributed by atoms with E-state index >= 15 is 0 Å². The molecule has 0 aliphatic carbocycles. The van der Waals surface area contributed by atoms with Crippen molar-refractivity contribution < 1.29 is 4.92 Å². The number of aryl methyl sites for hydroxylation is 1. The van der Waals surface area contributed by atoms with Crippen molar-refractivity contribution >= 4 is 22.4 Å². The SMILES string of the molecule is Cc1nn([C@@H](C)c2nc3c4cnn(-c5ccccc5)c4ncn3n2)cc1[N+](=O)[O-]. The van der Waals surface area contributed by atoms with Gasteiger partial charge in [0, 0.05) is 0 Å². The molecule has 0 unspecified atom stereocenters. The summed E-state index contributed by atoms with van der Waals surface area (Å²) in [5, 5.41) is 25.0. The lowest BCUT2D eigenvalue weighted by atomic mass is 10.3. The minimum atomic E-state index is -0.450.